The van der Waals surface area contributed by atoms with E-state index in [1.54, 1.807) is 17.0 Å². The molecule has 6 nitrogen and oxygen atoms in total. The van der Waals surface area contributed by atoms with Crippen LogP contribution in [0.2, 0.25) is 0 Å². The molecule has 0 spiro atoms. The van der Waals surface area contributed by atoms with E-state index in [1.165, 1.54) is 0 Å². The zero-order chi connectivity index (χ0) is 23.3. The van der Waals surface area contributed by atoms with E-state index in [-0.39, 0.29) is 36.4 Å². The average Bonchev–Trinajstić information content (AvgIpc) is 2.83. The Morgan fingerprint density at radius 2 is 1.62 bits per heavy atom. The second-order valence-electron chi connectivity index (χ2n) is 8.77. The van der Waals surface area contributed by atoms with Gasteiger partial charge < -0.3 is 14.5 Å². The average molecular weight is 445 g/mol. The maximum atomic E-state index is 12.6. The van der Waals surface area contributed by atoms with Crippen molar-refractivity contribution >= 4 is 17.6 Å². The number of Topliss-reactive ketones (excluding diaryl/α,β-unsaturated/α-hetero) is 1. The Hall–Kier alpha value is -2.37. The van der Waals surface area contributed by atoms with Crippen LogP contribution in [-0.4, -0.2) is 60.7 Å². The Kier molecular flexibility index (Phi) is 11.3. The number of likely N-dealkylation sites (tertiary alicyclic amines) is 1. The summed E-state index contributed by atoms with van der Waals surface area (Å²) < 4.78 is 5.68. The highest BCUT2D eigenvalue weighted by atomic mass is 16.5. The van der Waals surface area contributed by atoms with Crippen LogP contribution in [0.4, 0.5) is 0 Å². The molecule has 1 aliphatic heterocycles. The molecule has 0 N–H and O–H groups in total. The predicted octanol–water partition coefficient (Wildman–Crippen LogP) is 4.72. The van der Waals surface area contributed by atoms with Crippen molar-refractivity contribution in [2.45, 2.75) is 71.6 Å². The summed E-state index contributed by atoms with van der Waals surface area (Å²) in [5.41, 5.74) is 0.609. The first-order chi connectivity index (χ1) is 15.5. The second kappa shape index (κ2) is 13.9. The molecule has 0 saturated carbocycles. The lowest BCUT2D eigenvalue weighted by atomic mass is 9.95. The molecule has 1 saturated heterocycles. The number of hydrogen-bond acceptors (Lipinski definition) is 4. The monoisotopic (exact) mass is 444 g/mol. The normalized spacial score (nSPS) is 14.3. The number of ether oxygens (including phenoxy) is 1. The summed E-state index contributed by atoms with van der Waals surface area (Å²) in [6.45, 7) is 6.94. The van der Waals surface area contributed by atoms with Crippen molar-refractivity contribution in [2.75, 3.05) is 33.3 Å². The van der Waals surface area contributed by atoms with Crippen LogP contribution in [0.15, 0.2) is 24.3 Å². The molecular weight excluding hydrogens is 404 g/mol. The van der Waals surface area contributed by atoms with Gasteiger partial charge in [-0.25, -0.2) is 0 Å². The van der Waals surface area contributed by atoms with E-state index < -0.39 is 0 Å². The lowest BCUT2D eigenvalue weighted by Gasteiger charge is -2.33. The predicted molar refractivity (Wildman–Crippen MR) is 127 cm³/mol. The largest absolute Gasteiger partial charge is 0.494 e. The third-order valence-corrected chi connectivity index (χ3v) is 6.18. The zero-order valence-corrected chi connectivity index (χ0v) is 20.1. The summed E-state index contributed by atoms with van der Waals surface area (Å²) in [6.07, 6.45) is 7.24. The van der Waals surface area contributed by atoms with Crippen molar-refractivity contribution in [3.05, 3.63) is 29.8 Å². The van der Waals surface area contributed by atoms with Gasteiger partial charge in [-0.3, -0.25) is 14.4 Å². The van der Waals surface area contributed by atoms with Crippen molar-refractivity contribution < 1.29 is 19.1 Å². The molecular formula is C26H40N2O4. The van der Waals surface area contributed by atoms with Gasteiger partial charge in [0.25, 0.3) is 0 Å². The topological polar surface area (TPSA) is 66.9 Å². The molecule has 2 rings (SSSR count). The minimum atomic E-state index is -0.0292. The van der Waals surface area contributed by atoms with Crippen molar-refractivity contribution in [2.24, 2.45) is 5.92 Å². The number of nitrogens with zero attached hydrogens (tertiary/aromatic N) is 2. The van der Waals surface area contributed by atoms with Gasteiger partial charge in [0.2, 0.25) is 11.8 Å². The molecule has 32 heavy (non-hydrogen) atoms. The molecule has 0 aromatic heterocycles. The Morgan fingerprint density at radius 3 is 2.25 bits per heavy atom. The minimum Gasteiger partial charge on any atom is -0.494 e. The minimum absolute atomic E-state index is 0.000496. The quantitative estimate of drug-likeness (QED) is 0.326. The van der Waals surface area contributed by atoms with E-state index in [4.69, 9.17) is 4.74 Å². The van der Waals surface area contributed by atoms with Crippen LogP contribution in [0.3, 0.4) is 0 Å². The lowest BCUT2D eigenvalue weighted by Crippen LogP contribution is -2.43. The fourth-order valence-electron chi connectivity index (χ4n) is 4.00. The molecule has 2 amide bonds. The third kappa shape index (κ3) is 8.29. The van der Waals surface area contributed by atoms with E-state index in [9.17, 15) is 14.4 Å². The van der Waals surface area contributed by atoms with Crippen LogP contribution in [0.25, 0.3) is 0 Å². The van der Waals surface area contributed by atoms with E-state index >= 15 is 0 Å². The van der Waals surface area contributed by atoms with Gasteiger partial charge in [-0.15, -0.1) is 0 Å². The van der Waals surface area contributed by atoms with Crippen molar-refractivity contribution in [1.29, 1.82) is 0 Å². The fourth-order valence-corrected chi connectivity index (χ4v) is 4.00. The Morgan fingerprint density at radius 1 is 0.969 bits per heavy atom. The SMILES string of the molecule is CCCCCOc1ccc(C(=O)CCC(=O)N2CCC(C(=O)N(C)CCCC)CC2)cc1. The summed E-state index contributed by atoms with van der Waals surface area (Å²) in [4.78, 5) is 41.2. The number of hydrogen-bond donors (Lipinski definition) is 0. The number of rotatable bonds is 13. The van der Waals surface area contributed by atoms with Gasteiger partial charge in [0.05, 0.1) is 6.61 Å². The standard InChI is InChI=1S/C26H40N2O4/c1-4-6-8-20-32-23-11-9-21(10-12-23)24(29)13-14-25(30)28-18-15-22(16-19-28)26(31)27(3)17-7-5-2/h9-12,22H,4-8,13-20H2,1-3H3. The van der Waals surface area contributed by atoms with Gasteiger partial charge >= 0.3 is 0 Å². The van der Waals surface area contributed by atoms with Gasteiger partial charge in [-0.05, 0) is 49.9 Å². The van der Waals surface area contributed by atoms with Crippen molar-refractivity contribution in [1.82, 2.24) is 9.80 Å². The number of piperidine rings is 1. The van der Waals surface area contributed by atoms with Gasteiger partial charge in [0, 0.05) is 51.0 Å². The number of amides is 2. The van der Waals surface area contributed by atoms with Crippen molar-refractivity contribution in [3.63, 3.8) is 0 Å². The van der Waals surface area contributed by atoms with Crippen LogP contribution in [0, 0.1) is 5.92 Å². The molecule has 0 bridgehead atoms. The van der Waals surface area contributed by atoms with Crippen molar-refractivity contribution in [3.8, 4) is 5.75 Å². The Labute approximate surface area is 193 Å². The molecule has 1 heterocycles. The van der Waals surface area contributed by atoms with E-state index in [0.29, 0.717) is 38.1 Å². The Balaban J connectivity index is 1.71. The third-order valence-electron chi connectivity index (χ3n) is 6.18. The van der Waals surface area contributed by atoms with Crippen LogP contribution in [-0.2, 0) is 9.59 Å². The smallest absolute Gasteiger partial charge is 0.225 e. The molecule has 1 aromatic rings. The van der Waals surface area contributed by atoms with Crippen LogP contribution < -0.4 is 4.74 Å². The summed E-state index contributed by atoms with van der Waals surface area (Å²) in [7, 11) is 1.87. The zero-order valence-electron chi connectivity index (χ0n) is 20.1. The molecule has 6 heteroatoms. The molecule has 0 unspecified atom stereocenters. The van der Waals surface area contributed by atoms with Crippen LogP contribution >= 0.6 is 0 Å². The first-order valence-electron chi connectivity index (χ1n) is 12.2. The summed E-state index contributed by atoms with van der Waals surface area (Å²) in [5, 5.41) is 0. The lowest BCUT2D eigenvalue weighted by molar-refractivity contribution is -0.139. The molecule has 1 fully saturated rings. The molecule has 1 aromatic carbocycles. The highest BCUT2D eigenvalue weighted by Gasteiger charge is 2.29. The molecule has 1 aliphatic rings. The maximum Gasteiger partial charge on any atom is 0.225 e. The van der Waals surface area contributed by atoms with Gasteiger partial charge in [-0.2, -0.15) is 0 Å². The summed E-state index contributed by atoms with van der Waals surface area (Å²) in [6, 6.07) is 7.18. The highest BCUT2D eigenvalue weighted by molar-refractivity contribution is 5.98. The number of benzene rings is 1. The van der Waals surface area contributed by atoms with E-state index in [0.717, 1.165) is 44.4 Å². The van der Waals surface area contributed by atoms with Gasteiger partial charge in [0.1, 0.15) is 5.75 Å². The number of ketones is 1. The fraction of sp³-hybridized carbons (Fsp3) is 0.654. The van der Waals surface area contributed by atoms with E-state index in [1.807, 2.05) is 24.1 Å². The number of unbranched alkanes of at least 4 members (excludes halogenated alkanes) is 3. The molecule has 0 radical (unpaired) electrons. The first-order valence-corrected chi connectivity index (χ1v) is 12.2. The van der Waals surface area contributed by atoms with Crippen LogP contribution in [0.5, 0.6) is 5.75 Å². The van der Waals surface area contributed by atoms with Gasteiger partial charge in [-0.1, -0.05) is 33.1 Å². The van der Waals surface area contributed by atoms with E-state index in [2.05, 4.69) is 13.8 Å². The summed E-state index contributed by atoms with van der Waals surface area (Å²) >= 11 is 0. The highest BCUT2D eigenvalue weighted by Crippen LogP contribution is 2.21. The first kappa shape index (κ1) is 25.9. The Bertz CT molecular complexity index is 724. The second-order valence-corrected chi connectivity index (χ2v) is 8.77. The molecule has 0 atom stereocenters. The van der Waals surface area contributed by atoms with Gasteiger partial charge in [0.15, 0.2) is 5.78 Å². The maximum absolute atomic E-state index is 12.6. The molecule has 178 valence electrons. The number of carbonyl (C=O) groups excluding carboxylic acids is 3. The summed E-state index contributed by atoms with van der Waals surface area (Å²) in [5.74, 6) is 0.938. The van der Waals surface area contributed by atoms with Crippen LogP contribution in [0.1, 0.15) is 82.0 Å². The molecule has 0 aliphatic carbocycles. The number of carbonyl (C=O) groups is 3.